The van der Waals surface area contributed by atoms with Crippen LogP contribution in [0.4, 0.5) is 0 Å². The number of methoxy groups -OCH3 is 1. The van der Waals surface area contributed by atoms with Crippen molar-refractivity contribution in [3.63, 3.8) is 0 Å². The summed E-state index contributed by atoms with van der Waals surface area (Å²) >= 11 is 0. The number of carbonyl (C=O) groups is 1. The first-order valence-electron chi connectivity index (χ1n) is 6.00. The van der Waals surface area contributed by atoms with Crippen LogP contribution in [0.3, 0.4) is 0 Å². The van der Waals surface area contributed by atoms with E-state index >= 15 is 0 Å². The monoisotopic (exact) mass is 233 g/mol. The van der Waals surface area contributed by atoms with E-state index < -0.39 is 0 Å². The fraction of sp³-hybridized carbons (Fsp3) is 0.500. The van der Waals surface area contributed by atoms with Crippen LogP contribution in [0.15, 0.2) is 24.3 Å². The van der Waals surface area contributed by atoms with Crippen LogP contribution in [0.2, 0.25) is 0 Å². The molecule has 1 unspecified atom stereocenters. The van der Waals surface area contributed by atoms with Crippen molar-refractivity contribution in [2.75, 3.05) is 7.11 Å². The molecule has 3 heteroatoms. The van der Waals surface area contributed by atoms with Crippen LogP contribution in [0.1, 0.15) is 36.8 Å². The van der Waals surface area contributed by atoms with E-state index in [2.05, 4.69) is 6.07 Å². The summed E-state index contributed by atoms with van der Waals surface area (Å²) in [6.45, 7) is 1.88. The molecule has 17 heavy (non-hydrogen) atoms. The van der Waals surface area contributed by atoms with Gasteiger partial charge in [-0.05, 0) is 37.3 Å². The summed E-state index contributed by atoms with van der Waals surface area (Å²) in [5.41, 5.74) is 8.31. The molecule has 3 nitrogen and oxygen atoms in total. The van der Waals surface area contributed by atoms with Crippen LogP contribution in [-0.2, 0) is 16.0 Å². The Morgan fingerprint density at radius 1 is 1.47 bits per heavy atom. The first kappa shape index (κ1) is 12.1. The number of hydrogen-bond donors (Lipinski definition) is 1. The second-order valence-corrected chi connectivity index (χ2v) is 4.98. The van der Waals surface area contributed by atoms with E-state index in [-0.39, 0.29) is 17.4 Å². The fourth-order valence-electron chi connectivity index (χ4n) is 2.14. The first-order valence-corrected chi connectivity index (χ1v) is 6.00. The zero-order valence-electron chi connectivity index (χ0n) is 10.4. The smallest absolute Gasteiger partial charge is 0.312 e. The number of benzene rings is 1. The minimum Gasteiger partial charge on any atom is -0.469 e. The van der Waals surface area contributed by atoms with E-state index in [1.54, 1.807) is 0 Å². The largest absolute Gasteiger partial charge is 0.469 e. The Kier molecular flexibility index (Phi) is 3.20. The van der Waals surface area contributed by atoms with Gasteiger partial charge in [-0.1, -0.05) is 24.3 Å². The van der Waals surface area contributed by atoms with Crippen LogP contribution in [0.25, 0.3) is 0 Å². The van der Waals surface area contributed by atoms with Gasteiger partial charge in [-0.2, -0.15) is 0 Å². The maximum absolute atomic E-state index is 11.6. The highest BCUT2D eigenvalue weighted by atomic mass is 16.5. The number of hydrogen-bond acceptors (Lipinski definition) is 3. The molecule has 1 aromatic rings. The van der Waals surface area contributed by atoms with Crippen molar-refractivity contribution < 1.29 is 9.53 Å². The van der Waals surface area contributed by atoms with Crippen LogP contribution in [0, 0.1) is 0 Å². The second kappa shape index (κ2) is 4.49. The van der Waals surface area contributed by atoms with Gasteiger partial charge in [-0.15, -0.1) is 0 Å². The molecular weight excluding hydrogens is 214 g/mol. The third-order valence-corrected chi connectivity index (χ3v) is 3.51. The summed E-state index contributed by atoms with van der Waals surface area (Å²) in [5, 5.41) is 0. The van der Waals surface area contributed by atoms with E-state index in [1.807, 2.05) is 25.1 Å². The van der Waals surface area contributed by atoms with Gasteiger partial charge in [0.25, 0.3) is 0 Å². The quantitative estimate of drug-likeness (QED) is 0.809. The predicted molar refractivity (Wildman–Crippen MR) is 66.7 cm³/mol. The maximum Gasteiger partial charge on any atom is 0.312 e. The van der Waals surface area contributed by atoms with Crippen molar-refractivity contribution in [2.24, 2.45) is 5.73 Å². The molecule has 1 atom stereocenters. The Labute approximate surface area is 102 Å². The molecule has 0 radical (unpaired) electrons. The average Bonchev–Trinajstić information content (AvgIpc) is 3.05. The first-order chi connectivity index (χ1) is 8.06. The average molecular weight is 233 g/mol. The highest BCUT2D eigenvalue weighted by Crippen LogP contribution is 2.37. The molecule has 2 rings (SSSR count). The lowest BCUT2D eigenvalue weighted by atomic mass is 9.91. The summed E-state index contributed by atoms with van der Waals surface area (Å²) in [6, 6.07) is 7.99. The summed E-state index contributed by atoms with van der Waals surface area (Å²) in [7, 11) is 1.42. The summed E-state index contributed by atoms with van der Waals surface area (Å²) in [5.74, 6) is -0.419. The van der Waals surface area contributed by atoms with Crippen LogP contribution in [-0.4, -0.2) is 18.6 Å². The minimum absolute atomic E-state index is 0.0358. The Balaban J connectivity index is 2.23. The Morgan fingerprint density at radius 2 is 2.12 bits per heavy atom. The Morgan fingerprint density at radius 3 is 2.71 bits per heavy atom. The normalized spacial score (nSPS) is 18.5. The molecular formula is C14H19NO2. The molecule has 0 saturated heterocycles. The number of esters is 1. The van der Waals surface area contributed by atoms with Crippen LogP contribution >= 0.6 is 0 Å². The van der Waals surface area contributed by atoms with Crippen molar-refractivity contribution >= 4 is 5.97 Å². The van der Waals surface area contributed by atoms with E-state index in [1.165, 1.54) is 12.7 Å². The maximum atomic E-state index is 11.6. The Hall–Kier alpha value is -1.35. The molecule has 0 amide bonds. The zero-order valence-corrected chi connectivity index (χ0v) is 10.4. The Bertz CT molecular complexity index is 424. The van der Waals surface area contributed by atoms with Gasteiger partial charge >= 0.3 is 5.97 Å². The topological polar surface area (TPSA) is 52.3 Å². The molecule has 0 bridgehead atoms. The van der Waals surface area contributed by atoms with E-state index in [0.717, 1.165) is 24.8 Å². The molecule has 2 N–H and O–H groups in total. The van der Waals surface area contributed by atoms with E-state index in [0.29, 0.717) is 0 Å². The van der Waals surface area contributed by atoms with Crippen molar-refractivity contribution in [1.82, 2.24) is 0 Å². The van der Waals surface area contributed by atoms with Gasteiger partial charge in [0, 0.05) is 5.54 Å². The highest BCUT2D eigenvalue weighted by Gasteiger charge is 2.38. The van der Waals surface area contributed by atoms with Gasteiger partial charge in [0.2, 0.25) is 0 Å². The van der Waals surface area contributed by atoms with Crippen molar-refractivity contribution in [3.8, 4) is 0 Å². The third kappa shape index (κ3) is 2.67. The van der Waals surface area contributed by atoms with Crippen molar-refractivity contribution in [3.05, 3.63) is 35.4 Å². The van der Waals surface area contributed by atoms with Crippen LogP contribution in [0.5, 0.6) is 0 Å². The molecule has 0 spiro atoms. The molecule has 0 aliphatic heterocycles. The molecule has 92 valence electrons. The van der Waals surface area contributed by atoms with Gasteiger partial charge in [0.05, 0.1) is 13.0 Å². The highest BCUT2D eigenvalue weighted by molar-refractivity contribution is 5.78. The van der Waals surface area contributed by atoms with Gasteiger partial charge in [0.1, 0.15) is 0 Å². The van der Waals surface area contributed by atoms with Gasteiger partial charge in [-0.25, -0.2) is 0 Å². The number of nitrogens with two attached hydrogens (primary N) is 1. The molecule has 0 heterocycles. The molecule has 1 aromatic carbocycles. The summed E-state index contributed by atoms with van der Waals surface area (Å²) in [4.78, 5) is 11.6. The summed E-state index contributed by atoms with van der Waals surface area (Å²) < 4.78 is 4.80. The number of ether oxygens (including phenoxy) is 1. The second-order valence-electron chi connectivity index (χ2n) is 4.98. The number of carbonyl (C=O) groups excluding carboxylic acids is 1. The standard InChI is InChI=1S/C14H19NO2/c1-10(13(16)17-2)12-6-4-3-5-11(12)9-14(15)7-8-14/h3-6,10H,7-9,15H2,1-2H3. The SMILES string of the molecule is COC(=O)C(C)c1ccccc1CC1(N)CC1. The molecule has 1 saturated carbocycles. The number of rotatable bonds is 4. The van der Waals surface area contributed by atoms with E-state index in [4.69, 9.17) is 10.5 Å². The predicted octanol–water partition coefficient (Wildman–Crippen LogP) is 2.00. The lowest BCUT2D eigenvalue weighted by Crippen LogP contribution is -2.26. The molecule has 1 aliphatic carbocycles. The molecule has 0 aromatic heterocycles. The molecule has 1 fully saturated rings. The zero-order chi connectivity index (χ0) is 12.5. The fourth-order valence-corrected chi connectivity index (χ4v) is 2.14. The van der Waals surface area contributed by atoms with Gasteiger partial charge < -0.3 is 10.5 Å². The van der Waals surface area contributed by atoms with Gasteiger partial charge in [0.15, 0.2) is 0 Å². The lowest BCUT2D eigenvalue weighted by molar-refractivity contribution is -0.142. The van der Waals surface area contributed by atoms with Crippen molar-refractivity contribution in [1.29, 1.82) is 0 Å². The van der Waals surface area contributed by atoms with Crippen molar-refractivity contribution in [2.45, 2.75) is 37.6 Å². The summed E-state index contributed by atoms with van der Waals surface area (Å²) in [6.07, 6.45) is 3.01. The van der Waals surface area contributed by atoms with Gasteiger partial charge in [-0.3, -0.25) is 4.79 Å². The van der Waals surface area contributed by atoms with Crippen LogP contribution < -0.4 is 5.73 Å². The third-order valence-electron chi connectivity index (χ3n) is 3.51. The minimum atomic E-state index is -0.224. The lowest BCUT2D eigenvalue weighted by Gasteiger charge is -2.17. The molecule has 1 aliphatic rings. The van der Waals surface area contributed by atoms with E-state index in [9.17, 15) is 4.79 Å².